The molecular formula is C31H31N3O5. The number of urea groups is 1. The zero-order valence-electron chi connectivity index (χ0n) is 22.3. The van der Waals surface area contributed by atoms with Gasteiger partial charge in [-0.15, -0.1) is 0 Å². The monoisotopic (exact) mass is 525 g/mol. The molecule has 4 aromatic rings. The lowest BCUT2D eigenvalue weighted by atomic mass is 9.86. The van der Waals surface area contributed by atoms with Crippen molar-refractivity contribution in [3.05, 3.63) is 107 Å². The number of nitrogens with one attached hydrogen (secondary N) is 2. The van der Waals surface area contributed by atoms with E-state index in [9.17, 15) is 14.7 Å². The number of carbonyl (C=O) groups excluding carboxylic acids is 1. The van der Waals surface area contributed by atoms with Crippen LogP contribution in [-0.2, 0) is 12.0 Å². The van der Waals surface area contributed by atoms with Gasteiger partial charge >= 0.3 is 12.0 Å². The number of hydrogen-bond donors (Lipinski definition) is 3. The minimum Gasteiger partial charge on any atom is -0.489 e. The molecule has 0 radical (unpaired) electrons. The molecule has 2 amide bonds. The summed E-state index contributed by atoms with van der Waals surface area (Å²) >= 11 is 0. The summed E-state index contributed by atoms with van der Waals surface area (Å²) in [5.74, 6) is 0.627. The smallest absolute Gasteiger partial charge is 0.335 e. The van der Waals surface area contributed by atoms with Crippen LogP contribution in [0.25, 0.3) is 0 Å². The fraction of sp³-hybridized carbons (Fsp3) is 0.194. The van der Waals surface area contributed by atoms with E-state index >= 15 is 0 Å². The van der Waals surface area contributed by atoms with Crippen molar-refractivity contribution >= 4 is 23.4 Å². The predicted octanol–water partition coefficient (Wildman–Crippen LogP) is 7.40. The Labute approximate surface area is 227 Å². The Morgan fingerprint density at radius 3 is 2.36 bits per heavy atom. The van der Waals surface area contributed by atoms with E-state index in [1.807, 2.05) is 24.3 Å². The third-order valence-electron chi connectivity index (χ3n) is 5.96. The number of pyridine rings is 1. The highest BCUT2D eigenvalue weighted by atomic mass is 16.5. The van der Waals surface area contributed by atoms with Crippen LogP contribution in [-0.4, -0.2) is 22.1 Å². The van der Waals surface area contributed by atoms with E-state index in [0.717, 1.165) is 11.1 Å². The Morgan fingerprint density at radius 1 is 0.923 bits per heavy atom. The van der Waals surface area contributed by atoms with Gasteiger partial charge in [0.15, 0.2) is 0 Å². The number of aromatic carboxylic acids is 1. The molecule has 0 saturated carbocycles. The first kappa shape index (κ1) is 27.2. The van der Waals surface area contributed by atoms with Gasteiger partial charge in [0.05, 0.1) is 5.56 Å². The van der Waals surface area contributed by atoms with Crippen LogP contribution in [0.4, 0.5) is 16.2 Å². The summed E-state index contributed by atoms with van der Waals surface area (Å²) in [6, 6.07) is 22.8. The standard InChI is InChI=1S/C31H31N3O5/c1-20-18-21(11-16-24(20)29(35)36)19-38-23-14-12-22(13-15-23)33-30(37)34-26-9-7-17-32-28(26)39-27-10-6-5-8-25(27)31(2,3)4/h5-18H,19H2,1-4H3,(H,35,36)(H2,33,34,37). The van der Waals surface area contributed by atoms with Crippen molar-refractivity contribution in [2.45, 2.75) is 39.7 Å². The molecule has 1 heterocycles. The van der Waals surface area contributed by atoms with Gasteiger partial charge in [-0.05, 0) is 72.0 Å². The normalized spacial score (nSPS) is 11.0. The highest BCUT2D eigenvalue weighted by molar-refractivity contribution is 6.00. The average molecular weight is 526 g/mol. The Balaban J connectivity index is 1.36. The van der Waals surface area contributed by atoms with Crippen molar-refractivity contribution in [1.82, 2.24) is 4.98 Å². The molecule has 0 aliphatic heterocycles. The second-order valence-electron chi connectivity index (χ2n) is 10.1. The minimum atomic E-state index is -0.953. The first-order valence-electron chi connectivity index (χ1n) is 12.5. The van der Waals surface area contributed by atoms with Gasteiger partial charge < -0.3 is 25.2 Å². The van der Waals surface area contributed by atoms with Crippen molar-refractivity contribution in [2.24, 2.45) is 0 Å². The van der Waals surface area contributed by atoms with Gasteiger partial charge in [0.1, 0.15) is 23.8 Å². The molecule has 3 aromatic carbocycles. The lowest BCUT2D eigenvalue weighted by molar-refractivity contribution is 0.0696. The van der Waals surface area contributed by atoms with Gasteiger partial charge in [-0.25, -0.2) is 14.6 Å². The molecule has 0 spiro atoms. The number of carboxylic acid groups (broad SMARTS) is 1. The number of rotatable bonds is 8. The van der Waals surface area contributed by atoms with Crippen molar-refractivity contribution in [1.29, 1.82) is 0 Å². The Hall–Kier alpha value is -4.85. The topological polar surface area (TPSA) is 110 Å². The molecule has 0 atom stereocenters. The van der Waals surface area contributed by atoms with Crippen LogP contribution in [0, 0.1) is 6.92 Å². The number of benzene rings is 3. The van der Waals surface area contributed by atoms with Crippen molar-refractivity contribution in [3.8, 4) is 17.4 Å². The molecule has 0 fully saturated rings. The molecule has 4 rings (SSSR count). The van der Waals surface area contributed by atoms with Crippen LogP contribution < -0.4 is 20.1 Å². The Bertz CT molecular complexity index is 1480. The number of aromatic nitrogens is 1. The number of hydrogen-bond acceptors (Lipinski definition) is 5. The zero-order chi connectivity index (χ0) is 28.0. The highest BCUT2D eigenvalue weighted by Gasteiger charge is 2.20. The Kier molecular flexibility index (Phi) is 8.15. The fourth-order valence-corrected chi connectivity index (χ4v) is 3.99. The maximum absolute atomic E-state index is 12.7. The minimum absolute atomic E-state index is 0.129. The maximum atomic E-state index is 12.7. The second-order valence-corrected chi connectivity index (χ2v) is 10.1. The molecule has 3 N–H and O–H groups in total. The van der Waals surface area contributed by atoms with Gasteiger partial charge in [-0.3, -0.25) is 0 Å². The summed E-state index contributed by atoms with van der Waals surface area (Å²) in [6.07, 6.45) is 1.61. The van der Waals surface area contributed by atoms with Crippen molar-refractivity contribution < 1.29 is 24.2 Å². The number of carbonyl (C=O) groups is 2. The van der Waals surface area contributed by atoms with Crippen LogP contribution in [0.5, 0.6) is 17.4 Å². The SMILES string of the molecule is Cc1cc(COc2ccc(NC(=O)Nc3cccnc3Oc3ccccc3C(C)(C)C)cc2)ccc1C(=O)O. The van der Waals surface area contributed by atoms with Gasteiger partial charge in [-0.1, -0.05) is 51.1 Å². The van der Waals surface area contributed by atoms with Crippen LogP contribution in [0.15, 0.2) is 85.1 Å². The van der Waals surface area contributed by atoms with E-state index in [4.69, 9.17) is 9.47 Å². The first-order chi connectivity index (χ1) is 18.6. The number of nitrogens with zero attached hydrogens (tertiary/aromatic N) is 1. The van der Waals surface area contributed by atoms with E-state index < -0.39 is 12.0 Å². The van der Waals surface area contributed by atoms with Crippen LogP contribution in [0.1, 0.15) is 47.8 Å². The summed E-state index contributed by atoms with van der Waals surface area (Å²) < 4.78 is 11.9. The number of carboxylic acids is 1. The summed E-state index contributed by atoms with van der Waals surface area (Å²) in [5, 5.41) is 14.8. The van der Waals surface area contributed by atoms with Crippen LogP contribution in [0.3, 0.4) is 0 Å². The molecule has 1 aromatic heterocycles. The molecule has 8 heteroatoms. The second kappa shape index (κ2) is 11.7. The zero-order valence-corrected chi connectivity index (χ0v) is 22.3. The molecule has 200 valence electrons. The summed E-state index contributed by atoms with van der Waals surface area (Å²) in [4.78, 5) is 28.2. The van der Waals surface area contributed by atoms with Gasteiger partial charge in [0, 0.05) is 17.4 Å². The molecule has 0 unspecified atom stereocenters. The largest absolute Gasteiger partial charge is 0.489 e. The number of para-hydroxylation sites is 1. The van der Waals surface area contributed by atoms with Gasteiger partial charge in [-0.2, -0.15) is 0 Å². The molecule has 0 bridgehead atoms. The van der Waals surface area contributed by atoms with Crippen molar-refractivity contribution in [3.63, 3.8) is 0 Å². The predicted molar refractivity (Wildman–Crippen MR) is 151 cm³/mol. The molecule has 0 saturated heterocycles. The molecule has 0 aliphatic carbocycles. The first-order valence-corrected chi connectivity index (χ1v) is 12.5. The summed E-state index contributed by atoms with van der Waals surface area (Å²) in [5.41, 5.74) is 3.71. The number of amides is 2. The number of aryl methyl sites for hydroxylation is 1. The lowest BCUT2D eigenvalue weighted by Crippen LogP contribution is -2.20. The molecule has 8 nitrogen and oxygen atoms in total. The van der Waals surface area contributed by atoms with E-state index in [0.29, 0.717) is 34.3 Å². The number of anilines is 2. The van der Waals surface area contributed by atoms with Crippen LogP contribution >= 0.6 is 0 Å². The highest BCUT2D eigenvalue weighted by Crippen LogP contribution is 2.35. The van der Waals surface area contributed by atoms with E-state index in [1.54, 1.807) is 67.7 Å². The Morgan fingerprint density at radius 2 is 1.67 bits per heavy atom. The quantitative estimate of drug-likeness (QED) is 0.221. The third-order valence-corrected chi connectivity index (χ3v) is 5.96. The molecule has 39 heavy (non-hydrogen) atoms. The number of ether oxygens (including phenoxy) is 2. The molecular weight excluding hydrogens is 494 g/mol. The molecule has 0 aliphatic rings. The van der Waals surface area contributed by atoms with E-state index in [2.05, 4.69) is 36.4 Å². The summed E-state index contributed by atoms with van der Waals surface area (Å²) in [6.45, 7) is 8.36. The maximum Gasteiger partial charge on any atom is 0.335 e. The van der Waals surface area contributed by atoms with Gasteiger partial charge in [0.25, 0.3) is 0 Å². The third kappa shape index (κ3) is 7.13. The van der Waals surface area contributed by atoms with Crippen molar-refractivity contribution in [2.75, 3.05) is 10.6 Å². The summed E-state index contributed by atoms with van der Waals surface area (Å²) in [7, 11) is 0. The average Bonchev–Trinajstić information content (AvgIpc) is 2.89. The van der Waals surface area contributed by atoms with Crippen LogP contribution in [0.2, 0.25) is 0 Å². The fourth-order valence-electron chi connectivity index (χ4n) is 3.99. The van der Waals surface area contributed by atoms with E-state index in [1.165, 1.54) is 0 Å². The van der Waals surface area contributed by atoms with E-state index in [-0.39, 0.29) is 17.6 Å². The lowest BCUT2D eigenvalue weighted by Gasteiger charge is -2.22. The van der Waals surface area contributed by atoms with Gasteiger partial charge in [0.2, 0.25) is 5.88 Å².